The molecule has 0 atom stereocenters. The smallest absolute Gasteiger partial charge is 0.282 e. The van der Waals surface area contributed by atoms with Crippen molar-refractivity contribution < 1.29 is 18.1 Å². The van der Waals surface area contributed by atoms with Crippen molar-refractivity contribution >= 4 is 21.8 Å². The Morgan fingerprint density at radius 3 is 2.11 bits per heavy atom. The highest BCUT2D eigenvalue weighted by atomic mass is 32.2. The van der Waals surface area contributed by atoms with E-state index in [-0.39, 0.29) is 44.2 Å². The number of hydrogen-bond donors (Lipinski definition) is 0. The van der Waals surface area contributed by atoms with Crippen molar-refractivity contribution in [3.63, 3.8) is 0 Å². The Kier molecular flexibility index (Phi) is 6.28. The number of nitro benzene ring substituents is 1. The van der Waals surface area contributed by atoms with Crippen LogP contribution in [0, 0.1) is 10.1 Å². The van der Waals surface area contributed by atoms with Gasteiger partial charge in [-0.2, -0.15) is 17.0 Å². The van der Waals surface area contributed by atoms with Crippen molar-refractivity contribution in [3.05, 3.63) is 39.9 Å². The summed E-state index contributed by atoms with van der Waals surface area (Å²) in [6.45, 7) is 3.37. The molecule has 0 saturated carbocycles. The molecule has 3 rings (SSSR count). The second-order valence-electron chi connectivity index (χ2n) is 7.05. The van der Waals surface area contributed by atoms with E-state index in [1.807, 2.05) is 7.05 Å². The second kappa shape index (κ2) is 8.52. The van der Waals surface area contributed by atoms with Gasteiger partial charge in [0.15, 0.2) is 0 Å². The molecule has 2 aliphatic rings. The molecule has 10 nitrogen and oxygen atoms in total. The van der Waals surface area contributed by atoms with Crippen molar-refractivity contribution in [2.45, 2.75) is 6.42 Å². The molecule has 2 fully saturated rings. The van der Waals surface area contributed by atoms with E-state index < -0.39 is 15.1 Å². The first-order valence-electron chi connectivity index (χ1n) is 9.23. The molecular weight excluding hydrogens is 386 g/mol. The first kappa shape index (κ1) is 20.6. The summed E-state index contributed by atoms with van der Waals surface area (Å²) < 4.78 is 28.5. The Morgan fingerprint density at radius 1 is 1.00 bits per heavy atom. The number of benzene rings is 1. The van der Waals surface area contributed by atoms with Gasteiger partial charge >= 0.3 is 0 Å². The number of nitro groups is 1. The maximum atomic E-state index is 12.8. The minimum absolute atomic E-state index is 0.0671. The first-order valence-corrected chi connectivity index (χ1v) is 10.6. The fourth-order valence-electron chi connectivity index (χ4n) is 3.46. The number of para-hydroxylation sites is 1. The lowest BCUT2D eigenvalue weighted by atomic mass is 10.1. The molecule has 0 bridgehead atoms. The van der Waals surface area contributed by atoms with Gasteiger partial charge < -0.3 is 9.80 Å². The molecule has 1 aromatic carbocycles. The van der Waals surface area contributed by atoms with Gasteiger partial charge in [-0.25, -0.2) is 0 Å². The van der Waals surface area contributed by atoms with E-state index in [2.05, 4.69) is 4.90 Å². The summed E-state index contributed by atoms with van der Waals surface area (Å²) in [6, 6.07) is 6.18. The molecule has 1 aromatic rings. The molecule has 0 N–H and O–H groups in total. The SMILES string of the molecule is CN1CCN(S(=O)(=O)N2CCN(C(=O)Cc3ccccc3[N+](=O)[O-])CC2)CC1. The van der Waals surface area contributed by atoms with E-state index in [9.17, 15) is 23.3 Å². The van der Waals surface area contributed by atoms with Crippen LogP contribution in [0.3, 0.4) is 0 Å². The third kappa shape index (κ3) is 4.49. The van der Waals surface area contributed by atoms with Gasteiger partial charge in [-0.05, 0) is 7.05 Å². The third-order valence-corrected chi connectivity index (χ3v) is 7.27. The van der Waals surface area contributed by atoms with Crippen LogP contribution in [0.25, 0.3) is 0 Å². The van der Waals surface area contributed by atoms with E-state index in [1.54, 1.807) is 23.1 Å². The highest BCUT2D eigenvalue weighted by Gasteiger charge is 2.34. The van der Waals surface area contributed by atoms with Crippen LogP contribution in [0.2, 0.25) is 0 Å². The molecule has 2 saturated heterocycles. The van der Waals surface area contributed by atoms with Gasteiger partial charge in [-0.15, -0.1) is 0 Å². The van der Waals surface area contributed by atoms with Gasteiger partial charge in [0.2, 0.25) is 5.91 Å². The predicted octanol–water partition coefficient (Wildman–Crippen LogP) is -0.226. The Labute approximate surface area is 164 Å². The first-order chi connectivity index (χ1) is 13.3. The van der Waals surface area contributed by atoms with E-state index in [0.29, 0.717) is 31.7 Å². The zero-order chi connectivity index (χ0) is 20.3. The van der Waals surface area contributed by atoms with Crippen LogP contribution < -0.4 is 0 Å². The number of likely N-dealkylation sites (N-methyl/N-ethyl adjacent to an activating group) is 1. The fourth-order valence-corrected chi connectivity index (χ4v) is 5.04. The van der Waals surface area contributed by atoms with Crippen LogP contribution in [0.1, 0.15) is 5.56 Å². The zero-order valence-electron chi connectivity index (χ0n) is 15.9. The van der Waals surface area contributed by atoms with E-state index in [0.717, 1.165) is 0 Å². The Hall–Kier alpha value is -2.08. The van der Waals surface area contributed by atoms with Crippen LogP contribution >= 0.6 is 0 Å². The highest BCUT2D eigenvalue weighted by Crippen LogP contribution is 2.20. The van der Waals surface area contributed by atoms with Crippen LogP contribution in [0.5, 0.6) is 0 Å². The van der Waals surface area contributed by atoms with Crippen LogP contribution in [-0.2, 0) is 21.4 Å². The van der Waals surface area contributed by atoms with E-state index in [4.69, 9.17) is 0 Å². The van der Waals surface area contributed by atoms with Crippen LogP contribution in [-0.4, -0.2) is 97.1 Å². The number of carbonyl (C=O) groups excluding carboxylic acids is 1. The van der Waals surface area contributed by atoms with Crippen molar-refractivity contribution in [2.75, 3.05) is 59.4 Å². The molecule has 1 amide bonds. The molecule has 154 valence electrons. The van der Waals surface area contributed by atoms with Crippen molar-refractivity contribution in [2.24, 2.45) is 0 Å². The van der Waals surface area contributed by atoms with Gasteiger partial charge in [-0.1, -0.05) is 18.2 Å². The summed E-state index contributed by atoms with van der Waals surface area (Å²) in [5.41, 5.74) is 0.289. The molecule has 0 spiro atoms. The van der Waals surface area contributed by atoms with Crippen molar-refractivity contribution in [3.8, 4) is 0 Å². The van der Waals surface area contributed by atoms with Gasteiger partial charge in [0.05, 0.1) is 11.3 Å². The Morgan fingerprint density at radius 2 is 1.54 bits per heavy atom. The monoisotopic (exact) mass is 411 g/mol. The average Bonchev–Trinajstić information content (AvgIpc) is 2.68. The topological polar surface area (TPSA) is 107 Å². The van der Waals surface area contributed by atoms with Crippen LogP contribution in [0.15, 0.2) is 24.3 Å². The van der Waals surface area contributed by atoms with E-state index in [1.165, 1.54) is 14.7 Å². The fraction of sp³-hybridized carbons (Fsp3) is 0.588. The minimum atomic E-state index is -3.52. The van der Waals surface area contributed by atoms with E-state index >= 15 is 0 Å². The molecule has 11 heteroatoms. The normalized spacial score (nSPS) is 20.2. The molecule has 2 heterocycles. The Balaban J connectivity index is 1.58. The largest absolute Gasteiger partial charge is 0.340 e. The number of rotatable bonds is 5. The zero-order valence-corrected chi connectivity index (χ0v) is 16.7. The van der Waals surface area contributed by atoms with Gasteiger partial charge in [0, 0.05) is 64.0 Å². The summed E-state index contributed by atoms with van der Waals surface area (Å²) in [6.07, 6.45) is -0.0671. The molecule has 0 unspecified atom stereocenters. The third-order valence-electron chi connectivity index (χ3n) is 5.24. The van der Waals surface area contributed by atoms with Gasteiger partial charge in [0.25, 0.3) is 15.9 Å². The molecule has 0 radical (unpaired) electrons. The highest BCUT2D eigenvalue weighted by molar-refractivity contribution is 7.86. The van der Waals surface area contributed by atoms with Gasteiger partial charge in [-0.3, -0.25) is 14.9 Å². The molecular formula is C17H25N5O5S. The lowest BCUT2D eigenvalue weighted by Crippen LogP contribution is -2.57. The average molecular weight is 411 g/mol. The lowest BCUT2D eigenvalue weighted by Gasteiger charge is -2.39. The number of amides is 1. The maximum Gasteiger partial charge on any atom is 0.282 e. The summed E-state index contributed by atoms with van der Waals surface area (Å²) in [4.78, 5) is 26.8. The number of nitrogens with zero attached hydrogens (tertiary/aromatic N) is 5. The number of piperazine rings is 2. The van der Waals surface area contributed by atoms with Gasteiger partial charge in [0.1, 0.15) is 0 Å². The minimum Gasteiger partial charge on any atom is -0.340 e. The standard InChI is InChI=1S/C17H25N5O5S/c1-18-6-10-20(11-7-18)28(26,27)21-12-8-19(9-13-21)17(23)14-15-4-2-3-5-16(15)22(24)25/h2-5H,6-14H2,1H3. The number of carbonyl (C=O) groups is 1. The van der Waals surface area contributed by atoms with Crippen LogP contribution in [0.4, 0.5) is 5.69 Å². The molecule has 0 aromatic heterocycles. The molecule has 2 aliphatic heterocycles. The predicted molar refractivity (Wildman–Crippen MR) is 103 cm³/mol. The summed E-state index contributed by atoms with van der Waals surface area (Å²) >= 11 is 0. The molecule has 0 aliphatic carbocycles. The molecule has 28 heavy (non-hydrogen) atoms. The summed E-state index contributed by atoms with van der Waals surface area (Å²) in [7, 11) is -1.56. The van der Waals surface area contributed by atoms with Crippen molar-refractivity contribution in [1.82, 2.24) is 18.4 Å². The summed E-state index contributed by atoms with van der Waals surface area (Å²) in [5.74, 6) is -0.231. The number of hydrogen-bond acceptors (Lipinski definition) is 6. The maximum absolute atomic E-state index is 12.8. The lowest BCUT2D eigenvalue weighted by molar-refractivity contribution is -0.385. The Bertz CT molecular complexity index is 830. The summed E-state index contributed by atoms with van der Waals surface area (Å²) in [5, 5.41) is 11.1. The quantitative estimate of drug-likeness (QED) is 0.489. The van der Waals surface area contributed by atoms with Crippen molar-refractivity contribution in [1.29, 1.82) is 0 Å². The second-order valence-corrected chi connectivity index (χ2v) is 8.98.